The highest BCUT2D eigenvalue weighted by atomic mass is 79.9. The maximum atomic E-state index is 12.3. The number of hydrogen-bond donors (Lipinski definition) is 2. The maximum Gasteiger partial charge on any atom is 0.404 e. The highest BCUT2D eigenvalue weighted by Gasteiger charge is 2.25. The summed E-state index contributed by atoms with van der Waals surface area (Å²) in [5, 5.41) is 23.9. The van der Waals surface area contributed by atoms with Crippen molar-refractivity contribution in [3.63, 3.8) is 0 Å². The lowest BCUT2D eigenvalue weighted by Crippen LogP contribution is -2.34. The molecule has 0 aliphatic rings. The highest BCUT2D eigenvalue weighted by molar-refractivity contribution is 9.10. The van der Waals surface area contributed by atoms with Crippen molar-refractivity contribution in [2.45, 2.75) is 39.7 Å². The summed E-state index contributed by atoms with van der Waals surface area (Å²) in [7, 11) is 0. The Morgan fingerprint density at radius 2 is 1.76 bits per heavy atom. The molecule has 0 radical (unpaired) electrons. The zero-order valence-corrected chi connectivity index (χ0v) is 20.7. The van der Waals surface area contributed by atoms with Crippen LogP contribution in [-0.4, -0.2) is 49.7 Å². The van der Waals surface area contributed by atoms with Crippen LogP contribution in [0.1, 0.15) is 58.9 Å². The van der Waals surface area contributed by atoms with E-state index in [1.54, 1.807) is 19.1 Å². The molecule has 3 aromatic rings. The van der Waals surface area contributed by atoms with Crippen molar-refractivity contribution in [1.82, 2.24) is 30.6 Å². The molecule has 0 saturated carbocycles. The second-order valence-electron chi connectivity index (χ2n) is 8.49. The molecule has 0 unspecified atom stereocenters. The fraction of sp³-hybridized carbons (Fsp3) is 0.381. The Hall–Kier alpha value is -3.61. The van der Waals surface area contributed by atoms with E-state index in [9.17, 15) is 19.7 Å². The van der Waals surface area contributed by atoms with Gasteiger partial charge in [0.05, 0.1) is 10.8 Å². The van der Waals surface area contributed by atoms with Crippen molar-refractivity contribution in [1.29, 1.82) is 0 Å². The minimum Gasteiger partial charge on any atom is -0.358 e. The summed E-state index contributed by atoms with van der Waals surface area (Å²) in [5.74, 6) is -1.31. The number of aromatic nitrogens is 4. The standard InChI is InChI=1S/C21H24BrN7O5/c1-12-16(22)17(29(32)33)26-28(12)11-15-25-20(34-27-15)19(31)24-10-9-23-18(30)13-5-7-14(8-6-13)21(2,3)4/h5-8H,9-11H2,1-4H3,(H,23,30)(H,24,31). The first-order valence-electron chi connectivity index (χ1n) is 10.3. The number of halogens is 1. The van der Waals surface area contributed by atoms with Gasteiger partial charge in [0.25, 0.3) is 5.91 Å². The normalized spacial score (nSPS) is 11.3. The lowest BCUT2D eigenvalue weighted by atomic mass is 9.87. The number of nitrogens with one attached hydrogen (secondary N) is 2. The Morgan fingerprint density at radius 3 is 2.32 bits per heavy atom. The predicted octanol–water partition coefficient (Wildman–Crippen LogP) is 2.75. The molecular weight excluding hydrogens is 510 g/mol. The van der Waals surface area contributed by atoms with E-state index >= 15 is 0 Å². The first-order valence-corrected chi connectivity index (χ1v) is 11.1. The van der Waals surface area contributed by atoms with E-state index in [1.807, 2.05) is 12.1 Å². The molecule has 2 heterocycles. The first-order chi connectivity index (χ1) is 16.0. The molecule has 3 rings (SSSR count). The Morgan fingerprint density at radius 1 is 1.15 bits per heavy atom. The Labute approximate surface area is 203 Å². The van der Waals surface area contributed by atoms with E-state index in [2.05, 4.69) is 62.6 Å². The summed E-state index contributed by atoms with van der Waals surface area (Å²) >= 11 is 3.13. The zero-order valence-electron chi connectivity index (χ0n) is 19.1. The average Bonchev–Trinajstić information content (AvgIpc) is 3.36. The molecule has 0 bridgehead atoms. The van der Waals surface area contributed by atoms with Crippen LogP contribution in [0, 0.1) is 17.0 Å². The predicted molar refractivity (Wildman–Crippen MR) is 125 cm³/mol. The van der Waals surface area contributed by atoms with Gasteiger partial charge in [-0.1, -0.05) is 38.1 Å². The molecule has 2 N–H and O–H groups in total. The first kappa shape index (κ1) is 25.0. The molecule has 0 aliphatic heterocycles. The molecule has 0 atom stereocenters. The molecule has 0 fully saturated rings. The SMILES string of the molecule is Cc1c(Br)c([N+](=O)[O-])nn1Cc1noc(C(=O)NCCNC(=O)c2ccc(C(C)(C)C)cc2)n1. The van der Waals surface area contributed by atoms with Gasteiger partial charge >= 0.3 is 17.6 Å². The van der Waals surface area contributed by atoms with Gasteiger partial charge in [0.15, 0.2) is 5.82 Å². The maximum absolute atomic E-state index is 12.3. The van der Waals surface area contributed by atoms with E-state index in [1.165, 1.54) is 4.68 Å². The summed E-state index contributed by atoms with van der Waals surface area (Å²) < 4.78 is 6.55. The number of amides is 2. The number of nitro groups is 1. The quantitative estimate of drug-likeness (QED) is 0.254. The van der Waals surface area contributed by atoms with Crippen LogP contribution < -0.4 is 10.6 Å². The van der Waals surface area contributed by atoms with Crippen LogP contribution in [0.3, 0.4) is 0 Å². The summed E-state index contributed by atoms with van der Waals surface area (Å²) in [6.07, 6.45) is 0. The molecule has 12 nitrogen and oxygen atoms in total. The van der Waals surface area contributed by atoms with Gasteiger partial charge in [-0.3, -0.25) is 9.59 Å². The zero-order chi connectivity index (χ0) is 25.0. The monoisotopic (exact) mass is 533 g/mol. The topological polar surface area (TPSA) is 158 Å². The number of carbonyl (C=O) groups is 2. The van der Waals surface area contributed by atoms with Gasteiger partial charge in [-0.2, -0.15) is 9.67 Å². The van der Waals surface area contributed by atoms with E-state index in [0.717, 1.165) is 5.56 Å². The number of nitrogens with zero attached hydrogens (tertiary/aromatic N) is 5. The lowest BCUT2D eigenvalue weighted by Gasteiger charge is -2.19. The summed E-state index contributed by atoms with van der Waals surface area (Å²) in [4.78, 5) is 38.9. The third-order valence-corrected chi connectivity index (χ3v) is 5.88. The Bertz CT molecular complexity index is 1210. The molecule has 34 heavy (non-hydrogen) atoms. The van der Waals surface area contributed by atoms with Gasteiger partial charge in [0.1, 0.15) is 11.0 Å². The van der Waals surface area contributed by atoms with Crippen LogP contribution in [0.15, 0.2) is 33.3 Å². The van der Waals surface area contributed by atoms with Crippen LogP contribution >= 0.6 is 15.9 Å². The largest absolute Gasteiger partial charge is 0.404 e. The summed E-state index contributed by atoms with van der Waals surface area (Å²) in [6.45, 7) is 8.28. The Kier molecular flexibility index (Phi) is 7.44. The van der Waals surface area contributed by atoms with Crippen molar-refractivity contribution < 1.29 is 19.0 Å². The van der Waals surface area contributed by atoms with E-state index in [4.69, 9.17) is 4.52 Å². The van der Waals surface area contributed by atoms with Crippen LogP contribution in [-0.2, 0) is 12.0 Å². The minimum atomic E-state index is -0.609. The summed E-state index contributed by atoms with van der Waals surface area (Å²) in [6, 6.07) is 7.38. The smallest absolute Gasteiger partial charge is 0.358 e. The fourth-order valence-corrected chi connectivity index (χ4v) is 3.40. The highest BCUT2D eigenvalue weighted by Crippen LogP contribution is 2.27. The van der Waals surface area contributed by atoms with Crippen LogP contribution in [0.4, 0.5) is 5.82 Å². The second kappa shape index (κ2) is 10.1. The van der Waals surface area contributed by atoms with Gasteiger partial charge in [-0.15, -0.1) is 0 Å². The van der Waals surface area contributed by atoms with Gasteiger partial charge < -0.3 is 25.3 Å². The molecule has 0 spiro atoms. The van der Waals surface area contributed by atoms with Crippen LogP contribution in [0.25, 0.3) is 0 Å². The third-order valence-electron chi connectivity index (χ3n) is 4.95. The fourth-order valence-electron chi connectivity index (χ4n) is 2.97. The number of rotatable bonds is 8. The molecule has 2 aromatic heterocycles. The molecule has 0 aliphatic carbocycles. The van der Waals surface area contributed by atoms with Crippen molar-refractivity contribution in [2.75, 3.05) is 13.1 Å². The van der Waals surface area contributed by atoms with Crippen molar-refractivity contribution >= 4 is 33.6 Å². The number of benzene rings is 1. The van der Waals surface area contributed by atoms with Crippen LogP contribution in [0.5, 0.6) is 0 Å². The lowest BCUT2D eigenvalue weighted by molar-refractivity contribution is -0.390. The van der Waals surface area contributed by atoms with Gasteiger partial charge in [-0.05, 0) is 50.9 Å². The molecule has 1 aromatic carbocycles. The summed E-state index contributed by atoms with van der Waals surface area (Å²) in [5.41, 5.74) is 2.16. The van der Waals surface area contributed by atoms with E-state index in [0.29, 0.717) is 11.3 Å². The van der Waals surface area contributed by atoms with Crippen molar-refractivity contribution in [2.24, 2.45) is 0 Å². The van der Waals surface area contributed by atoms with E-state index in [-0.39, 0.29) is 53.0 Å². The van der Waals surface area contributed by atoms with Crippen molar-refractivity contribution in [3.8, 4) is 0 Å². The minimum absolute atomic E-state index is 0.0000720. The Balaban J connectivity index is 1.48. The van der Waals surface area contributed by atoms with Crippen molar-refractivity contribution in [3.05, 3.63) is 67.4 Å². The second-order valence-corrected chi connectivity index (χ2v) is 9.29. The molecule has 180 valence electrons. The number of hydrogen-bond acceptors (Lipinski definition) is 8. The average molecular weight is 534 g/mol. The molecule has 2 amide bonds. The number of carbonyl (C=O) groups excluding carboxylic acids is 2. The molecular formula is C21H24BrN7O5. The molecule has 13 heteroatoms. The van der Waals surface area contributed by atoms with Gasteiger partial charge in [0, 0.05) is 18.7 Å². The molecule has 0 saturated heterocycles. The van der Waals surface area contributed by atoms with Crippen LogP contribution in [0.2, 0.25) is 0 Å². The third kappa shape index (κ3) is 5.84. The van der Waals surface area contributed by atoms with Gasteiger partial charge in [0.2, 0.25) is 0 Å². The van der Waals surface area contributed by atoms with E-state index < -0.39 is 10.8 Å². The van der Waals surface area contributed by atoms with Gasteiger partial charge in [-0.25, -0.2) is 0 Å².